The molecule has 21 heavy (non-hydrogen) atoms. The molecule has 2 aromatic carbocycles. The Kier molecular flexibility index (Phi) is 4.17. The zero-order valence-electron chi connectivity index (χ0n) is 12.7. The Labute approximate surface area is 124 Å². The van der Waals surface area contributed by atoms with Crippen molar-refractivity contribution in [2.75, 3.05) is 0 Å². The van der Waals surface area contributed by atoms with Crippen LogP contribution in [0.25, 0.3) is 0 Å². The topological polar surface area (TPSA) is 55.5 Å². The van der Waals surface area contributed by atoms with Gasteiger partial charge in [0, 0.05) is 12.3 Å². The molecule has 0 N–H and O–H groups in total. The van der Waals surface area contributed by atoms with E-state index in [0.717, 1.165) is 16.7 Å². The second-order valence-corrected chi connectivity index (χ2v) is 5.25. The molecule has 0 saturated heterocycles. The maximum atomic E-state index is 10.9. The van der Waals surface area contributed by atoms with Crippen LogP contribution in [0, 0.1) is 37.8 Å². The lowest BCUT2D eigenvalue weighted by Gasteiger charge is -2.07. The summed E-state index contributed by atoms with van der Waals surface area (Å²) in [5.74, 6) is 0. The summed E-state index contributed by atoms with van der Waals surface area (Å²) < 4.78 is 0. The van der Waals surface area contributed by atoms with E-state index >= 15 is 0 Å². The summed E-state index contributed by atoms with van der Waals surface area (Å²) in [5, 5.41) is 10.9. The van der Waals surface area contributed by atoms with Crippen LogP contribution in [0.5, 0.6) is 0 Å². The van der Waals surface area contributed by atoms with Crippen molar-refractivity contribution in [1.82, 2.24) is 0 Å². The molecule has 0 aliphatic rings. The van der Waals surface area contributed by atoms with Gasteiger partial charge in [-0.15, -0.1) is 0 Å². The van der Waals surface area contributed by atoms with E-state index in [9.17, 15) is 10.1 Å². The fourth-order valence-corrected chi connectivity index (χ4v) is 2.48. The third-order valence-corrected chi connectivity index (χ3v) is 3.54. The van der Waals surface area contributed by atoms with E-state index in [4.69, 9.17) is 0 Å². The molecule has 108 valence electrons. The molecule has 0 aliphatic carbocycles. The molecule has 0 fully saturated rings. The first-order valence-corrected chi connectivity index (χ1v) is 6.76. The zero-order valence-corrected chi connectivity index (χ0v) is 12.7. The molecule has 0 heterocycles. The van der Waals surface area contributed by atoms with Crippen LogP contribution >= 0.6 is 0 Å². The largest absolute Gasteiger partial charge is 0.274 e. The predicted molar refractivity (Wildman–Crippen MR) is 85.7 cm³/mol. The van der Waals surface area contributed by atoms with Gasteiger partial charge in [0.25, 0.3) is 5.69 Å². The van der Waals surface area contributed by atoms with Crippen molar-refractivity contribution in [1.29, 1.82) is 0 Å². The second-order valence-electron chi connectivity index (χ2n) is 5.25. The fraction of sp³-hybridized carbons (Fsp3) is 0.235. The van der Waals surface area contributed by atoms with E-state index in [2.05, 4.69) is 24.0 Å². The number of aryl methyl sites for hydroxylation is 3. The van der Waals surface area contributed by atoms with Crippen LogP contribution in [0.3, 0.4) is 0 Å². The molecule has 2 aromatic rings. The van der Waals surface area contributed by atoms with E-state index < -0.39 is 0 Å². The molecule has 0 aromatic heterocycles. The minimum Gasteiger partial charge on any atom is -0.258 e. The lowest BCUT2D eigenvalue weighted by Crippen LogP contribution is -1.94. The number of nitrogens with zero attached hydrogens (tertiary/aromatic N) is 2. The number of benzene rings is 2. The number of rotatable bonds is 3. The smallest absolute Gasteiger partial charge is 0.258 e. The first kappa shape index (κ1) is 14.9. The molecule has 0 saturated carbocycles. The van der Waals surface area contributed by atoms with Gasteiger partial charge in [-0.25, -0.2) is 0 Å². The standard InChI is InChI=1S/C17H18N2O2/c1-11-8-12(2)15(13(3)9-11)10-18-16-6-5-7-17(14(16)4)19(20)21/h5-10H,1-4H3. The highest BCUT2D eigenvalue weighted by Crippen LogP contribution is 2.27. The monoisotopic (exact) mass is 282 g/mol. The average molecular weight is 282 g/mol. The first-order valence-electron chi connectivity index (χ1n) is 6.76. The van der Waals surface area contributed by atoms with E-state index in [0.29, 0.717) is 11.3 Å². The maximum Gasteiger partial charge on any atom is 0.274 e. The van der Waals surface area contributed by atoms with Crippen molar-refractivity contribution in [2.45, 2.75) is 27.7 Å². The van der Waals surface area contributed by atoms with Gasteiger partial charge in [-0.05, 0) is 50.5 Å². The molecule has 0 amide bonds. The Balaban J connectivity index is 2.43. The molecule has 0 spiro atoms. The van der Waals surface area contributed by atoms with E-state index in [1.54, 1.807) is 25.3 Å². The SMILES string of the molecule is Cc1cc(C)c(C=Nc2cccc([N+](=O)[O-])c2C)c(C)c1. The number of hydrogen-bond donors (Lipinski definition) is 0. The van der Waals surface area contributed by atoms with Gasteiger partial charge in [0.15, 0.2) is 0 Å². The fourth-order valence-electron chi connectivity index (χ4n) is 2.48. The third kappa shape index (κ3) is 3.16. The van der Waals surface area contributed by atoms with Gasteiger partial charge in [0.1, 0.15) is 0 Å². The van der Waals surface area contributed by atoms with Crippen LogP contribution < -0.4 is 0 Å². The first-order chi connectivity index (χ1) is 9.90. The third-order valence-electron chi connectivity index (χ3n) is 3.54. The highest BCUT2D eigenvalue weighted by atomic mass is 16.6. The summed E-state index contributed by atoms with van der Waals surface area (Å²) >= 11 is 0. The molecule has 0 aliphatic heterocycles. The van der Waals surface area contributed by atoms with Crippen LogP contribution in [-0.2, 0) is 0 Å². The lowest BCUT2D eigenvalue weighted by molar-refractivity contribution is -0.385. The van der Waals surface area contributed by atoms with E-state index in [1.165, 1.54) is 11.6 Å². The molecule has 0 unspecified atom stereocenters. The van der Waals surface area contributed by atoms with E-state index in [-0.39, 0.29) is 10.6 Å². The van der Waals surface area contributed by atoms with E-state index in [1.807, 2.05) is 13.8 Å². The van der Waals surface area contributed by atoms with Crippen molar-refractivity contribution in [3.63, 3.8) is 0 Å². The minimum atomic E-state index is -0.378. The van der Waals surface area contributed by atoms with Crippen LogP contribution in [0.1, 0.15) is 27.8 Å². The summed E-state index contributed by atoms with van der Waals surface area (Å²) in [6.45, 7) is 7.87. The molecule has 0 radical (unpaired) electrons. The van der Waals surface area contributed by atoms with Gasteiger partial charge in [-0.1, -0.05) is 23.8 Å². The van der Waals surface area contributed by atoms with Gasteiger partial charge in [-0.2, -0.15) is 0 Å². The number of nitro groups is 1. The van der Waals surface area contributed by atoms with Crippen LogP contribution in [0.4, 0.5) is 11.4 Å². The second kappa shape index (κ2) is 5.87. The number of aliphatic imine (C=N–C) groups is 1. The highest BCUT2D eigenvalue weighted by molar-refractivity contribution is 5.86. The Morgan fingerprint density at radius 3 is 2.29 bits per heavy atom. The van der Waals surface area contributed by atoms with Crippen molar-refractivity contribution < 1.29 is 4.92 Å². The van der Waals surface area contributed by atoms with Crippen molar-refractivity contribution in [3.8, 4) is 0 Å². The Morgan fingerprint density at radius 2 is 1.71 bits per heavy atom. The predicted octanol–water partition coefficient (Wildman–Crippen LogP) is 4.58. The molecule has 0 atom stereocenters. The lowest BCUT2D eigenvalue weighted by atomic mass is 10.0. The van der Waals surface area contributed by atoms with Gasteiger partial charge in [0.05, 0.1) is 16.2 Å². The number of hydrogen-bond acceptors (Lipinski definition) is 3. The summed E-state index contributed by atoms with van der Waals surface area (Å²) in [7, 11) is 0. The average Bonchev–Trinajstić information content (AvgIpc) is 2.38. The van der Waals surface area contributed by atoms with Crippen LogP contribution in [-0.4, -0.2) is 11.1 Å². The molecule has 0 bridgehead atoms. The van der Waals surface area contributed by atoms with Crippen molar-refractivity contribution in [2.24, 2.45) is 4.99 Å². The Hall–Kier alpha value is -2.49. The maximum absolute atomic E-state index is 10.9. The summed E-state index contributed by atoms with van der Waals surface area (Å²) in [5.41, 5.74) is 5.89. The van der Waals surface area contributed by atoms with Crippen LogP contribution in [0.15, 0.2) is 35.3 Å². The van der Waals surface area contributed by atoms with Crippen molar-refractivity contribution in [3.05, 3.63) is 68.3 Å². The molecule has 4 heteroatoms. The molecule has 2 rings (SSSR count). The van der Waals surface area contributed by atoms with Gasteiger partial charge < -0.3 is 0 Å². The quantitative estimate of drug-likeness (QED) is 0.470. The van der Waals surface area contributed by atoms with Crippen LogP contribution in [0.2, 0.25) is 0 Å². The van der Waals surface area contributed by atoms with Gasteiger partial charge in [-0.3, -0.25) is 15.1 Å². The Morgan fingerprint density at radius 1 is 1.10 bits per heavy atom. The zero-order chi connectivity index (χ0) is 15.6. The highest BCUT2D eigenvalue weighted by Gasteiger charge is 2.12. The molecular weight excluding hydrogens is 264 g/mol. The summed E-state index contributed by atoms with van der Waals surface area (Å²) in [6, 6.07) is 9.16. The molecule has 4 nitrogen and oxygen atoms in total. The summed E-state index contributed by atoms with van der Waals surface area (Å²) in [4.78, 5) is 15.0. The summed E-state index contributed by atoms with van der Waals surface area (Å²) in [6.07, 6.45) is 1.79. The Bertz CT molecular complexity index is 711. The normalized spacial score (nSPS) is 11.0. The van der Waals surface area contributed by atoms with Crippen molar-refractivity contribution >= 4 is 17.6 Å². The molecular formula is C17H18N2O2. The van der Waals surface area contributed by atoms with Gasteiger partial charge >= 0.3 is 0 Å². The number of nitro benzene ring substituents is 1. The minimum absolute atomic E-state index is 0.0991. The van der Waals surface area contributed by atoms with Gasteiger partial charge in [0.2, 0.25) is 0 Å².